The molecule has 1 aromatic carbocycles. The number of carbonyl (C=O) groups is 2. The fraction of sp³-hybridized carbons (Fsp3) is 0.500. The normalized spacial score (nSPS) is 44.0. The highest BCUT2D eigenvalue weighted by Crippen LogP contribution is 2.62. The summed E-state index contributed by atoms with van der Waals surface area (Å²) in [6.07, 6.45) is 4.07. The predicted molar refractivity (Wildman–Crippen MR) is 90.6 cm³/mol. The topological polar surface area (TPSA) is 76.1 Å². The van der Waals surface area contributed by atoms with Gasteiger partial charge in [0.2, 0.25) is 5.91 Å². The van der Waals surface area contributed by atoms with Gasteiger partial charge in [0, 0.05) is 23.8 Å². The highest BCUT2D eigenvalue weighted by Gasteiger charge is 2.74. The van der Waals surface area contributed by atoms with Crippen LogP contribution in [0.25, 0.3) is 0 Å². The van der Waals surface area contributed by atoms with Gasteiger partial charge in [0.15, 0.2) is 0 Å². The Morgan fingerprint density at radius 2 is 2.23 bits per heavy atom. The Balaban J connectivity index is 1.59. The zero-order valence-electron chi connectivity index (χ0n) is 14.3. The number of carboxylic acid groups (broad SMARTS) is 1. The molecule has 7 atom stereocenters. The molecule has 1 amide bonds. The minimum atomic E-state index is -0.956. The van der Waals surface area contributed by atoms with Crippen LogP contribution in [0.5, 0.6) is 0 Å². The van der Waals surface area contributed by atoms with Crippen molar-refractivity contribution in [3.05, 3.63) is 41.5 Å². The first-order valence-corrected chi connectivity index (χ1v) is 9.18. The smallest absolute Gasteiger partial charge is 0.310 e. The van der Waals surface area contributed by atoms with E-state index in [1.165, 1.54) is 0 Å². The van der Waals surface area contributed by atoms with Crippen LogP contribution in [0.15, 0.2) is 30.4 Å². The number of anilines is 1. The molecule has 5 aliphatic heterocycles. The molecule has 134 valence electrons. The number of carbonyl (C=O) groups excluding carboxylic acids is 1. The number of hydrogen-bond donors (Lipinski definition) is 1. The molecule has 1 N–H and O–H groups in total. The van der Waals surface area contributed by atoms with E-state index in [9.17, 15) is 14.7 Å². The minimum Gasteiger partial charge on any atom is -0.481 e. The molecule has 6 nitrogen and oxygen atoms in total. The van der Waals surface area contributed by atoms with E-state index in [1.54, 1.807) is 0 Å². The summed E-state index contributed by atoms with van der Waals surface area (Å²) in [5.74, 6) is -2.43. The van der Waals surface area contributed by atoms with Crippen molar-refractivity contribution in [2.45, 2.75) is 37.2 Å². The lowest BCUT2D eigenvalue weighted by Crippen LogP contribution is -2.53. The van der Waals surface area contributed by atoms with E-state index in [1.807, 2.05) is 36.1 Å². The second-order valence-electron chi connectivity index (χ2n) is 8.10. The molecule has 0 saturated carbocycles. The number of nitrogens with zero attached hydrogens (tertiary/aromatic N) is 1. The van der Waals surface area contributed by atoms with Crippen molar-refractivity contribution in [1.29, 1.82) is 0 Å². The zero-order chi connectivity index (χ0) is 17.8. The maximum atomic E-state index is 13.5. The largest absolute Gasteiger partial charge is 0.481 e. The van der Waals surface area contributed by atoms with Crippen LogP contribution in [0.2, 0.25) is 0 Å². The van der Waals surface area contributed by atoms with Gasteiger partial charge in [-0.15, -0.1) is 0 Å². The van der Waals surface area contributed by atoms with Gasteiger partial charge in [-0.2, -0.15) is 0 Å². The van der Waals surface area contributed by atoms with Gasteiger partial charge in [-0.05, 0) is 19.4 Å². The number of aliphatic carboxylic acids is 1. The lowest BCUT2D eigenvalue weighted by molar-refractivity contribution is -0.146. The van der Waals surface area contributed by atoms with Gasteiger partial charge in [-0.3, -0.25) is 9.59 Å². The SMILES string of the molecule is Cc1ccc2c(c1)[C@@H]1OCC[C@@H]1[C@@H]1N2C(=O)[C@@H]2[C@@H](C(=O)O)[C@H]3C=C[C@]21O3. The molecule has 6 rings (SSSR count). The molecule has 6 heteroatoms. The second kappa shape index (κ2) is 4.56. The molecular weight excluding hydrogens is 334 g/mol. The van der Waals surface area contributed by atoms with Crippen LogP contribution in [0.3, 0.4) is 0 Å². The third kappa shape index (κ3) is 1.48. The van der Waals surface area contributed by atoms with Crippen LogP contribution in [0.1, 0.15) is 23.7 Å². The molecule has 1 spiro atoms. The summed E-state index contributed by atoms with van der Waals surface area (Å²) in [5.41, 5.74) is 2.17. The molecule has 0 aliphatic carbocycles. The van der Waals surface area contributed by atoms with E-state index >= 15 is 0 Å². The van der Waals surface area contributed by atoms with Crippen molar-refractivity contribution in [3.8, 4) is 0 Å². The highest BCUT2D eigenvalue weighted by atomic mass is 16.5. The molecule has 0 aromatic heterocycles. The quantitative estimate of drug-likeness (QED) is 0.780. The van der Waals surface area contributed by atoms with Crippen LogP contribution < -0.4 is 4.90 Å². The Bertz CT molecular complexity index is 894. The van der Waals surface area contributed by atoms with Crippen molar-refractivity contribution in [2.75, 3.05) is 11.5 Å². The number of aryl methyl sites for hydroxylation is 1. The van der Waals surface area contributed by atoms with Crippen LogP contribution in [0.4, 0.5) is 5.69 Å². The first kappa shape index (κ1) is 14.9. The number of amides is 1. The number of carboxylic acids is 1. The summed E-state index contributed by atoms with van der Waals surface area (Å²) in [5, 5.41) is 9.74. The van der Waals surface area contributed by atoms with Gasteiger partial charge in [0.25, 0.3) is 0 Å². The van der Waals surface area contributed by atoms with Crippen molar-refractivity contribution in [2.24, 2.45) is 17.8 Å². The summed E-state index contributed by atoms with van der Waals surface area (Å²) in [6, 6.07) is 5.86. The maximum absolute atomic E-state index is 13.5. The Labute approximate surface area is 150 Å². The van der Waals surface area contributed by atoms with Gasteiger partial charge in [0.05, 0.1) is 24.2 Å². The molecule has 1 aromatic rings. The van der Waals surface area contributed by atoms with E-state index in [0.29, 0.717) is 6.61 Å². The van der Waals surface area contributed by atoms with Crippen molar-refractivity contribution < 1.29 is 24.2 Å². The number of benzene rings is 1. The average Bonchev–Trinajstić information content (AvgIpc) is 3.35. The first-order chi connectivity index (χ1) is 12.5. The molecule has 3 saturated heterocycles. The monoisotopic (exact) mass is 353 g/mol. The fourth-order valence-electron chi connectivity index (χ4n) is 6.04. The summed E-state index contributed by atoms with van der Waals surface area (Å²) in [4.78, 5) is 27.2. The first-order valence-electron chi connectivity index (χ1n) is 9.18. The number of hydrogen-bond acceptors (Lipinski definition) is 4. The minimum absolute atomic E-state index is 0.0630. The van der Waals surface area contributed by atoms with Gasteiger partial charge >= 0.3 is 5.97 Å². The Morgan fingerprint density at radius 3 is 3.04 bits per heavy atom. The van der Waals surface area contributed by atoms with Crippen molar-refractivity contribution in [3.63, 3.8) is 0 Å². The summed E-state index contributed by atoms with van der Waals surface area (Å²) in [7, 11) is 0. The summed E-state index contributed by atoms with van der Waals surface area (Å²) >= 11 is 0. The van der Waals surface area contributed by atoms with Crippen LogP contribution in [-0.2, 0) is 19.1 Å². The third-order valence-electron chi connectivity index (χ3n) is 6.91. The van der Waals surface area contributed by atoms with Crippen LogP contribution in [-0.4, -0.2) is 41.3 Å². The standard InChI is InChI=1S/C20H19NO5/c1-9-2-3-12-11(8-9)16-10(5-7-25-16)17-20-6-4-13(26-20)14(19(23)24)15(20)18(22)21(12)17/h2-4,6,8,10,13-17H,5,7H2,1H3,(H,23,24)/t10-,13+,14-,15-,16+,17-,20-/m0/s1. The van der Waals surface area contributed by atoms with Gasteiger partial charge in [-0.1, -0.05) is 29.8 Å². The molecule has 0 radical (unpaired) electrons. The molecule has 0 unspecified atom stereocenters. The van der Waals surface area contributed by atoms with E-state index in [-0.39, 0.29) is 24.0 Å². The summed E-state index contributed by atoms with van der Waals surface area (Å²) in [6.45, 7) is 2.68. The number of ether oxygens (including phenoxy) is 2. The Morgan fingerprint density at radius 1 is 1.38 bits per heavy atom. The predicted octanol–water partition coefficient (Wildman–Crippen LogP) is 1.83. The van der Waals surface area contributed by atoms with Gasteiger partial charge in [-0.25, -0.2) is 0 Å². The van der Waals surface area contributed by atoms with Gasteiger partial charge in [0.1, 0.15) is 11.5 Å². The van der Waals surface area contributed by atoms with Crippen LogP contribution in [0, 0.1) is 24.7 Å². The molecule has 2 bridgehead atoms. The highest BCUT2D eigenvalue weighted by molar-refractivity contribution is 6.04. The second-order valence-corrected chi connectivity index (χ2v) is 8.10. The van der Waals surface area contributed by atoms with Crippen LogP contribution >= 0.6 is 0 Å². The lowest BCUT2D eigenvalue weighted by atomic mass is 9.70. The maximum Gasteiger partial charge on any atom is 0.310 e. The van der Waals surface area contributed by atoms with E-state index in [2.05, 4.69) is 6.07 Å². The number of fused-ring (bicyclic) bond motifs is 7. The number of rotatable bonds is 1. The Hall–Kier alpha value is -2.18. The van der Waals surface area contributed by atoms with Gasteiger partial charge < -0.3 is 19.5 Å². The average molecular weight is 353 g/mol. The van der Waals surface area contributed by atoms with Crippen molar-refractivity contribution in [1.82, 2.24) is 0 Å². The molecule has 5 aliphatic rings. The zero-order valence-corrected chi connectivity index (χ0v) is 14.3. The van der Waals surface area contributed by atoms with E-state index in [4.69, 9.17) is 9.47 Å². The fourth-order valence-corrected chi connectivity index (χ4v) is 6.04. The van der Waals surface area contributed by atoms with Crippen molar-refractivity contribution >= 4 is 17.6 Å². The molecule has 3 fully saturated rings. The molecular formula is C20H19NO5. The molecule has 5 heterocycles. The van der Waals surface area contributed by atoms with E-state index < -0.39 is 29.5 Å². The van der Waals surface area contributed by atoms with E-state index in [0.717, 1.165) is 23.2 Å². The lowest BCUT2D eigenvalue weighted by Gasteiger charge is -2.44. The molecule has 26 heavy (non-hydrogen) atoms. The summed E-state index contributed by atoms with van der Waals surface area (Å²) < 4.78 is 12.3. The Kier molecular flexibility index (Phi) is 2.62. The third-order valence-corrected chi connectivity index (χ3v) is 6.91.